The molecule has 0 atom stereocenters. The van der Waals surface area contributed by atoms with Gasteiger partial charge in [-0.05, 0) is 18.1 Å². The first-order valence-corrected chi connectivity index (χ1v) is 6.56. The highest BCUT2D eigenvalue weighted by Crippen LogP contribution is 2.27. The normalized spacial score (nSPS) is 17.6. The SMILES string of the molecule is Nc1cccc2[nH]c(CC3CCCCC3)nc12. The summed E-state index contributed by atoms with van der Waals surface area (Å²) in [5, 5.41) is 0. The van der Waals surface area contributed by atoms with Gasteiger partial charge in [0.05, 0.1) is 11.2 Å². The lowest BCUT2D eigenvalue weighted by Crippen LogP contribution is -2.10. The largest absolute Gasteiger partial charge is 0.397 e. The van der Waals surface area contributed by atoms with E-state index in [1.54, 1.807) is 0 Å². The van der Waals surface area contributed by atoms with Crippen LogP contribution in [0.2, 0.25) is 0 Å². The predicted octanol–water partition coefficient (Wildman–Crippen LogP) is 3.27. The molecule has 0 spiro atoms. The summed E-state index contributed by atoms with van der Waals surface area (Å²) in [6.45, 7) is 0. The van der Waals surface area contributed by atoms with Gasteiger partial charge in [-0.1, -0.05) is 38.2 Å². The number of aromatic amines is 1. The van der Waals surface area contributed by atoms with Gasteiger partial charge >= 0.3 is 0 Å². The van der Waals surface area contributed by atoms with Gasteiger partial charge in [0.15, 0.2) is 0 Å². The van der Waals surface area contributed by atoms with E-state index in [1.165, 1.54) is 32.1 Å². The summed E-state index contributed by atoms with van der Waals surface area (Å²) in [6, 6.07) is 5.93. The molecule has 2 aromatic rings. The highest BCUT2D eigenvalue weighted by Gasteiger charge is 2.16. The van der Waals surface area contributed by atoms with E-state index in [0.717, 1.165) is 34.9 Å². The number of nitrogens with zero attached hydrogens (tertiary/aromatic N) is 1. The smallest absolute Gasteiger partial charge is 0.111 e. The third kappa shape index (κ3) is 2.14. The number of hydrogen-bond acceptors (Lipinski definition) is 2. The monoisotopic (exact) mass is 229 g/mol. The molecule has 17 heavy (non-hydrogen) atoms. The number of nitrogens with one attached hydrogen (secondary N) is 1. The first-order chi connectivity index (χ1) is 8.33. The quantitative estimate of drug-likeness (QED) is 0.776. The summed E-state index contributed by atoms with van der Waals surface area (Å²) in [7, 11) is 0. The van der Waals surface area contributed by atoms with Crippen LogP contribution < -0.4 is 5.73 Å². The van der Waals surface area contributed by atoms with Crippen molar-refractivity contribution in [1.29, 1.82) is 0 Å². The van der Waals surface area contributed by atoms with Gasteiger partial charge in [0, 0.05) is 6.42 Å². The van der Waals surface area contributed by atoms with Crippen molar-refractivity contribution >= 4 is 16.7 Å². The molecule has 1 saturated carbocycles. The summed E-state index contributed by atoms with van der Waals surface area (Å²) in [6.07, 6.45) is 7.96. The first kappa shape index (κ1) is 10.6. The zero-order valence-corrected chi connectivity index (χ0v) is 10.1. The molecule has 1 heterocycles. The van der Waals surface area contributed by atoms with Gasteiger partial charge < -0.3 is 10.7 Å². The minimum Gasteiger partial charge on any atom is -0.397 e. The van der Waals surface area contributed by atoms with E-state index in [-0.39, 0.29) is 0 Å². The number of imidazole rings is 1. The van der Waals surface area contributed by atoms with E-state index in [0.29, 0.717) is 0 Å². The molecule has 3 heteroatoms. The lowest BCUT2D eigenvalue weighted by atomic mass is 9.87. The average Bonchev–Trinajstić information content (AvgIpc) is 2.74. The van der Waals surface area contributed by atoms with Crippen LogP contribution in [0.5, 0.6) is 0 Å². The molecule has 0 aliphatic heterocycles. The minimum absolute atomic E-state index is 0.772. The topological polar surface area (TPSA) is 54.7 Å². The Balaban J connectivity index is 1.83. The van der Waals surface area contributed by atoms with Gasteiger partial charge in [-0.2, -0.15) is 0 Å². The minimum atomic E-state index is 0.772. The summed E-state index contributed by atoms with van der Waals surface area (Å²) < 4.78 is 0. The molecule has 90 valence electrons. The number of hydrogen-bond donors (Lipinski definition) is 2. The molecule has 3 nitrogen and oxygen atoms in total. The van der Waals surface area contributed by atoms with Crippen LogP contribution in [0.4, 0.5) is 5.69 Å². The highest BCUT2D eigenvalue weighted by molar-refractivity contribution is 5.86. The summed E-state index contributed by atoms with van der Waals surface area (Å²) in [5.41, 5.74) is 8.69. The molecule has 0 amide bonds. The number of nitrogen functional groups attached to an aromatic ring is 1. The fraction of sp³-hybridized carbons (Fsp3) is 0.500. The van der Waals surface area contributed by atoms with Crippen molar-refractivity contribution in [2.24, 2.45) is 5.92 Å². The number of H-pyrrole nitrogens is 1. The average molecular weight is 229 g/mol. The number of para-hydroxylation sites is 1. The zero-order valence-electron chi connectivity index (χ0n) is 10.1. The summed E-state index contributed by atoms with van der Waals surface area (Å²) in [4.78, 5) is 8.02. The number of fused-ring (bicyclic) bond motifs is 1. The third-order valence-electron chi connectivity index (χ3n) is 3.80. The molecule has 1 fully saturated rings. The van der Waals surface area contributed by atoms with E-state index in [2.05, 4.69) is 9.97 Å². The van der Waals surface area contributed by atoms with Crippen molar-refractivity contribution in [3.05, 3.63) is 24.0 Å². The Kier molecular flexibility index (Phi) is 2.75. The maximum absolute atomic E-state index is 5.92. The number of nitrogens with two attached hydrogens (primary N) is 1. The van der Waals surface area contributed by atoms with Crippen LogP contribution in [-0.4, -0.2) is 9.97 Å². The van der Waals surface area contributed by atoms with E-state index < -0.39 is 0 Å². The van der Waals surface area contributed by atoms with Crippen LogP contribution >= 0.6 is 0 Å². The van der Waals surface area contributed by atoms with Crippen molar-refractivity contribution in [2.75, 3.05) is 5.73 Å². The Bertz CT molecular complexity index is 509. The van der Waals surface area contributed by atoms with Crippen LogP contribution in [-0.2, 0) is 6.42 Å². The van der Waals surface area contributed by atoms with Crippen LogP contribution in [0.15, 0.2) is 18.2 Å². The van der Waals surface area contributed by atoms with Gasteiger partial charge in [0.25, 0.3) is 0 Å². The molecule has 3 rings (SSSR count). The maximum Gasteiger partial charge on any atom is 0.111 e. The van der Waals surface area contributed by atoms with Crippen LogP contribution in [0.1, 0.15) is 37.9 Å². The van der Waals surface area contributed by atoms with E-state index in [9.17, 15) is 0 Å². The predicted molar refractivity (Wildman–Crippen MR) is 70.8 cm³/mol. The van der Waals surface area contributed by atoms with Crippen LogP contribution in [0.25, 0.3) is 11.0 Å². The fourth-order valence-corrected chi connectivity index (χ4v) is 2.87. The van der Waals surface area contributed by atoms with Crippen molar-refractivity contribution < 1.29 is 0 Å². The van der Waals surface area contributed by atoms with Crippen molar-refractivity contribution in [2.45, 2.75) is 38.5 Å². The summed E-state index contributed by atoms with van der Waals surface area (Å²) in [5.74, 6) is 1.91. The Morgan fingerprint density at radius 3 is 2.82 bits per heavy atom. The van der Waals surface area contributed by atoms with Crippen molar-refractivity contribution in [1.82, 2.24) is 9.97 Å². The number of benzene rings is 1. The maximum atomic E-state index is 5.92. The van der Waals surface area contributed by atoms with Gasteiger partial charge in [0.1, 0.15) is 11.3 Å². The van der Waals surface area contributed by atoms with Gasteiger partial charge in [-0.15, -0.1) is 0 Å². The first-order valence-electron chi connectivity index (χ1n) is 6.56. The third-order valence-corrected chi connectivity index (χ3v) is 3.80. The zero-order chi connectivity index (χ0) is 11.7. The lowest BCUT2D eigenvalue weighted by Gasteiger charge is -2.20. The van der Waals surface area contributed by atoms with E-state index in [1.807, 2.05) is 18.2 Å². The highest BCUT2D eigenvalue weighted by atomic mass is 14.9. The van der Waals surface area contributed by atoms with E-state index in [4.69, 9.17) is 5.73 Å². The second-order valence-electron chi connectivity index (χ2n) is 5.14. The van der Waals surface area contributed by atoms with Crippen molar-refractivity contribution in [3.8, 4) is 0 Å². The number of anilines is 1. The Morgan fingerprint density at radius 2 is 2.06 bits per heavy atom. The number of aromatic nitrogens is 2. The molecule has 1 aromatic heterocycles. The molecule has 1 aromatic carbocycles. The Labute approximate surface area is 101 Å². The standard InChI is InChI=1S/C14H19N3/c15-11-7-4-8-12-14(11)17-13(16-12)9-10-5-2-1-3-6-10/h4,7-8,10H,1-3,5-6,9,15H2,(H,16,17). The van der Waals surface area contributed by atoms with Gasteiger partial charge in [-0.25, -0.2) is 4.98 Å². The molecule has 1 aliphatic carbocycles. The van der Waals surface area contributed by atoms with Crippen LogP contribution in [0.3, 0.4) is 0 Å². The van der Waals surface area contributed by atoms with E-state index >= 15 is 0 Å². The number of rotatable bonds is 2. The van der Waals surface area contributed by atoms with Crippen molar-refractivity contribution in [3.63, 3.8) is 0 Å². The summed E-state index contributed by atoms with van der Waals surface area (Å²) >= 11 is 0. The van der Waals surface area contributed by atoms with Gasteiger partial charge in [0.2, 0.25) is 0 Å². The fourth-order valence-electron chi connectivity index (χ4n) is 2.87. The molecule has 0 radical (unpaired) electrons. The second-order valence-corrected chi connectivity index (χ2v) is 5.14. The lowest BCUT2D eigenvalue weighted by molar-refractivity contribution is 0.352. The molecular formula is C14H19N3. The molecule has 0 unspecified atom stereocenters. The Hall–Kier alpha value is -1.51. The molecule has 0 bridgehead atoms. The van der Waals surface area contributed by atoms with Crippen LogP contribution in [0, 0.1) is 5.92 Å². The molecule has 1 aliphatic rings. The Morgan fingerprint density at radius 1 is 1.24 bits per heavy atom. The van der Waals surface area contributed by atoms with Gasteiger partial charge in [-0.3, -0.25) is 0 Å². The molecule has 3 N–H and O–H groups in total. The molecular weight excluding hydrogens is 210 g/mol. The second kappa shape index (κ2) is 4.40. The molecule has 0 saturated heterocycles.